The minimum absolute atomic E-state index is 0.0210. The number of carbonyl (C=O) groups is 2. The standard InChI is InChI=1S/C26H30N2O4/c29-24(11-6-16-31-18-19-7-2-1-3-8-19)27-14-12-21(13-15-27)28-25-22-10-5-4-9-20(22)17-23(25)32-26(28)30/h1-5,7-10,21,23,25H,6,11-18H2/t23-,25+/m1/s1. The molecule has 2 fully saturated rings. The fraction of sp³-hybridized carbons (Fsp3) is 0.462. The number of hydrogen-bond donors (Lipinski definition) is 0. The first-order valence-corrected chi connectivity index (χ1v) is 11.7. The Morgan fingerprint density at radius 3 is 2.59 bits per heavy atom. The van der Waals surface area contributed by atoms with E-state index in [9.17, 15) is 9.59 Å². The summed E-state index contributed by atoms with van der Waals surface area (Å²) in [6.45, 7) is 2.55. The van der Waals surface area contributed by atoms with Gasteiger partial charge in [-0.3, -0.25) is 9.69 Å². The van der Waals surface area contributed by atoms with Crippen molar-refractivity contribution in [3.05, 3.63) is 71.3 Å². The lowest BCUT2D eigenvalue weighted by Crippen LogP contribution is -2.47. The van der Waals surface area contributed by atoms with Crippen molar-refractivity contribution in [2.24, 2.45) is 0 Å². The average molecular weight is 435 g/mol. The molecular formula is C26H30N2O4. The Morgan fingerprint density at radius 2 is 1.78 bits per heavy atom. The highest BCUT2D eigenvalue weighted by molar-refractivity contribution is 5.76. The monoisotopic (exact) mass is 434 g/mol. The summed E-state index contributed by atoms with van der Waals surface area (Å²) in [5.41, 5.74) is 3.65. The number of hydrogen-bond acceptors (Lipinski definition) is 4. The Kier molecular flexibility index (Phi) is 6.12. The van der Waals surface area contributed by atoms with Crippen LogP contribution in [0.15, 0.2) is 54.6 Å². The highest BCUT2D eigenvalue weighted by atomic mass is 16.6. The van der Waals surface area contributed by atoms with E-state index in [2.05, 4.69) is 12.1 Å². The molecule has 2 amide bonds. The Morgan fingerprint density at radius 1 is 1.03 bits per heavy atom. The fourth-order valence-electron chi connectivity index (χ4n) is 5.29. The SMILES string of the molecule is O=C(CCCOCc1ccccc1)N1CCC(N2C(=O)O[C@@H]3Cc4ccccc4[C@@H]32)CC1. The Labute approximate surface area is 189 Å². The fourth-order valence-corrected chi connectivity index (χ4v) is 5.29. The van der Waals surface area contributed by atoms with Crippen LogP contribution in [0.4, 0.5) is 4.79 Å². The molecule has 0 bridgehead atoms. The number of benzene rings is 2. The van der Waals surface area contributed by atoms with Crippen molar-refractivity contribution < 1.29 is 19.1 Å². The highest BCUT2D eigenvalue weighted by Gasteiger charge is 2.50. The molecule has 5 rings (SSSR count). The first kappa shape index (κ1) is 21.0. The summed E-state index contributed by atoms with van der Waals surface area (Å²) in [6.07, 6.45) is 3.36. The highest BCUT2D eigenvalue weighted by Crippen LogP contribution is 2.44. The Hall–Kier alpha value is -2.86. The number of ether oxygens (including phenoxy) is 2. The van der Waals surface area contributed by atoms with Gasteiger partial charge in [0, 0.05) is 38.6 Å². The Balaban J connectivity index is 1.08. The molecule has 6 nitrogen and oxygen atoms in total. The molecule has 2 aromatic carbocycles. The number of rotatable bonds is 7. The average Bonchev–Trinajstić information content (AvgIpc) is 3.33. The van der Waals surface area contributed by atoms with Gasteiger partial charge in [0.2, 0.25) is 5.91 Å². The van der Waals surface area contributed by atoms with Gasteiger partial charge in [0.05, 0.1) is 12.6 Å². The second-order valence-electron chi connectivity index (χ2n) is 8.93. The van der Waals surface area contributed by atoms with Crippen LogP contribution in [0.25, 0.3) is 0 Å². The smallest absolute Gasteiger partial charge is 0.411 e. The molecule has 3 aliphatic rings. The van der Waals surface area contributed by atoms with Crippen LogP contribution in [0.5, 0.6) is 0 Å². The van der Waals surface area contributed by atoms with Crippen molar-refractivity contribution in [1.29, 1.82) is 0 Å². The number of nitrogens with zero attached hydrogens (tertiary/aromatic N) is 2. The summed E-state index contributed by atoms with van der Waals surface area (Å²) in [6, 6.07) is 18.5. The zero-order chi connectivity index (χ0) is 21.9. The number of piperidine rings is 1. The van der Waals surface area contributed by atoms with Crippen molar-refractivity contribution in [2.75, 3.05) is 19.7 Å². The zero-order valence-electron chi connectivity index (χ0n) is 18.3. The van der Waals surface area contributed by atoms with E-state index in [1.54, 1.807) is 0 Å². The minimum atomic E-state index is -0.199. The molecule has 1 aliphatic carbocycles. The second-order valence-corrected chi connectivity index (χ2v) is 8.93. The van der Waals surface area contributed by atoms with Gasteiger partial charge in [-0.15, -0.1) is 0 Å². The van der Waals surface area contributed by atoms with Gasteiger partial charge in [0.1, 0.15) is 6.10 Å². The predicted molar refractivity (Wildman–Crippen MR) is 120 cm³/mol. The number of likely N-dealkylation sites (tertiary alicyclic amines) is 1. The second kappa shape index (κ2) is 9.33. The van der Waals surface area contributed by atoms with E-state index in [4.69, 9.17) is 9.47 Å². The molecule has 2 aromatic rings. The predicted octanol–water partition coefficient (Wildman–Crippen LogP) is 4.09. The molecule has 0 unspecified atom stereocenters. The maximum absolute atomic E-state index is 12.6. The van der Waals surface area contributed by atoms with E-state index in [1.807, 2.05) is 52.3 Å². The molecule has 0 aromatic heterocycles. The summed E-state index contributed by atoms with van der Waals surface area (Å²) >= 11 is 0. The van der Waals surface area contributed by atoms with Crippen molar-refractivity contribution in [3.8, 4) is 0 Å². The molecule has 168 valence electrons. The molecule has 2 aliphatic heterocycles. The first-order valence-electron chi connectivity index (χ1n) is 11.7. The Bertz CT molecular complexity index is 955. The molecule has 2 atom stereocenters. The summed E-state index contributed by atoms with van der Waals surface area (Å²) in [5.74, 6) is 0.180. The van der Waals surface area contributed by atoms with Gasteiger partial charge in [-0.1, -0.05) is 54.6 Å². The summed E-state index contributed by atoms with van der Waals surface area (Å²) in [4.78, 5) is 29.2. The third-order valence-electron chi connectivity index (χ3n) is 6.91. The third kappa shape index (κ3) is 4.24. The van der Waals surface area contributed by atoms with Crippen LogP contribution >= 0.6 is 0 Å². The summed E-state index contributed by atoms with van der Waals surface area (Å²) in [7, 11) is 0. The first-order chi connectivity index (χ1) is 15.7. The van der Waals surface area contributed by atoms with Crippen molar-refractivity contribution >= 4 is 12.0 Å². The van der Waals surface area contributed by atoms with Crippen molar-refractivity contribution in [1.82, 2.24) is 9.80 Å². The van der Waals surface area contributed by atoms with Crippen LogP contribution in [0.1, 0.15) is 48.4 Å². The van der Waals surface area contributed by atoms with E-state index >= 15 is 0 Å². The lowest BCUT2D eigenvalue weighted by atomic mass is 9.99. The van der Waals surface area contributed by atoms with Gasteiger partial charge in [0.25, 0.3) is 0 Å². The van der Waals surface area contributed by atoms with E-state index in [1.165, 1.54) is 11.1 Å². The minimum Gasteiger partial charge on any atom is -0.443 e. The number of carbonyl (C=O) groups excluding carboxylic acids is 2. The molecule has 0 N–H and O–H groups in total. The van der Waals surface area contributed by atoms with Gasteiger partial charge >= 0.3 is 6.09 Å². The van der Waals surface area contributed by atoms with Crippen LogP contribution in [0.2, 0.25) is 0 Å². The van der Waals surface area contributed by atoms with Crippen LogP contribution < -0.4 is 0 Å². The molecule has 0 spiro atoms. The van der Waals surface area contributed by atoms with Gasteiger partial charge in [-0.25, -0.2) is 4.79 Å². The van der Waals surface area contributed by atoms with E-state index in [-0.39, 0.29) is 30.2 Å². The van der Waals surface area contributed by atoms with Crippen molar-refractivity contribution in [3.63, 3.8) is 0 Å². The zero-order valence-corrected chi connectivity index (χ0v) is 18.3. The van der Waals surface area contributed by atoms with Crippen LogP contribution in [0.3, 0.4) is 0 Å². The topological polar surface area (TPSA) is 59.1 Å². The molecular weight excluding hydrogens is 404 g/mol. The molecule has 2 heterocycles. The normalized spacial score (nSPS) is 22.6. The summed E-state index contributed by atoms with van der Waals surface area (Å²) in [5, 5.41) is 0. The van der Waals surface area contributed by atoms with Gasteiger partial charge < -0.3 is 14.4 Å². The lowest BCUT2D eigenvalue weighted by molar-refractivity contribution is -0.133. The number of amides is 2. The molecule has 2 saturated heterocycles. The van der Waals surface area contributed by atoms with Gasteiger partial charge in [-0.2, -0.15) is 0 Å². The maximum atomic E-state index is 12.6. The van der Waals surface area contributed by atoms with Crippen LogP contribution in [-0.2, 0) is 27.3 Å². The third-order valence-corrected chi connectivity index (χ3v) is 6.91. The largest absolute Gasteiger partial charge is 0.443 e. The van der Waals surface area contributed by atoms with E-state index < -0.39 is 0 Å². The van der Waals surface area contributed by atoms with Crippen LogP contribution in [0, 0.1) is 0 Å². The lowest BCUT2D eigenvalue weighted by Gasteiger charge is -2.38. The number of fused-ring (bicyclic) bond motifs is 3. The van der Waals surface area contributed by atoms with E-state index in [0.717, 1.165) is 31.2 Å². The van der Waals surface area contributed by atoms with E-state index in [0.29, 0.717) is 32.7 Å². The molecule has 32 heavy (non-hydrogen) atoms. The van der Waals surface area contributed by atoms with Crippen molar-refractivity contribution in [2.45, 2.75) is 56.9 Å². The van der Waals surface area contributed by atoms with Gasteiger partial charge in [-0.05, 0) is 36.0 Å². The maximum Gasteiger partial charge on any atom is 0.411 e. The van der Waals surface area contributed by atoms with Crippen LogP contribution in [-0.4, -0.2) is 53.6 Å². The molecule has 6 heteroatoms. The summed E-state index contributed by atoms with van der Waals surface area (Å²) < 4.78 is 11.4. The molecule has 0 saturated carbocycles. The molecule has 0 radical (unpaired) electrons. The van der Waals surface area contributed by atoms with Gasteiger partial charge in [0.15, 0.2) is 0 Å². The quantitative estimate of drug-likeness (QED) is 0.616.